The van der Waals surface area contributed by atoms with Gasteiger partial charge in [-0.05, 0) is 32.0 Å². The van der Waals surface area contributed by atoms with E-state index >= 15 is 0 Å². The van der Waals surface area contributed by atoms with Gasteiger partial charge in [-0.25, -0.2) is 13.2 Å². The number of nitrogens with zero attached hydrogens (tertiary/aromatic N) is 2. The summed E-state index contributed by atoms with van der Waals surface area (Å²) in [4.78, 5) is 25.4. The fourth-order valence-electron chi connectivity index (χ4n) is 3.47. The van der Waals surface area contributed by atoms with Crippen LogP contribution in [0.15, 0.2) is 27.5 Å². The van der Waals surface area contributed by atoms with Crippen molar-refractivity contribution >= 4 is 21.9 Å². The van der Waals surface area contributed by atoms with Crippen LogP contribution >= 0.6 is 0 Å². The first kappa shape index (κ1) is 21.7. The van der Waals surface area contributed by atoms with Crippen molar-refractivity contribution in [1.82, 2.24) is 9.21 Å². The van der Waals surface area contributed by atoms with Crippen LogP contribution in [0.2, 0.25) is 0 Å². The number of hydrogen-bond acceptors (Lipinski definition) is 7. The molecule has 1 aromatic heterocycles. The quantitative estimate of drug-likeness (QED) is 0.716. The van der Waals surface area contributed by atoms with Gasteiger partial charge in [-0.15, -0.1) is 0 Å². The lowest BCUT2D eigenvalue weighted by Gasteiger charge is -2.34. The van der Waals surface area contributed by atoms with E-state index in [1.165, 1.54) is 44.1 Å². The van der Waals surface area contributed by atoms with Gasteiger partial charge in [0.1, 0.15) is 33.5 Å². The average Bonchev–Trinajstić information content (AvgIpc) is 3.02. The Morgan fingerprint density at radius 1 is 1.10 bits per heavy atom. The molecule has 0 radical (unpaired) electrons. The number of carboxylic acids is 1. The van der Waals surface area contributed by atoms with Crippen molar-refractivity contribution in [3.8, 4) is 11.5 Å². The minimum atomic E-state index is -4.13. The van der Waals surface area contributed by atoms with Crippen molar-refractivity contribution in [3.63, 3.8) is 0 Å². The standard InChI is InChI=1S/C19H22N2O8S/c1-11-16(19(24)25)17(12(2)29-11)30(26,27)21-8-6-20(7-9-21)18(23)14-10-13(28-3)4-5-15(14)22/h4-5,10,22H,6-9H2,1-3H3,(H,24,25). The van der Waals surface area contributed by atoms with E-state index < -0.39 is 21.9 Å². The number of ether oxygens (including phenoxy) is 1. The first-order valence-corrected chi connectivity index (χ1v) is 10.5. The van der Waals surface area contributed by atoms with Crippen LogP contribution in [-0.2, 0) is 10.0 Å². The summed E-state index contributed by atoms with van der Waals surface area (Å²) in [5.41, 5.74) is -0.326. The van der Waals surface area contributed by atoms with Gasteiger partial charge in [0.2, 0.25) is 10.0 Å². The van der Waals surface area contributed by atoms with Crippen molar-refractivity contribution < 1.29 is 37.4 Å². The van der Waals surface area contributed by atoms with Gasteiger partial charge in [0, 0.05) is 26.2 Å². The summed E-state index contributed by atoms with van der Waals surface area (Å²) < 4.78 is 37.6. The minimum absolute atomic E-state index is 0.00436. The lowest BCUT2D eigenvalue weighted by molar-refractivity contribution is 0.0688. The van der Waals surface area contributed by atoms with Gasteiger partial charge in [-0.1, -0.05) is 0 Å². The maximum Gasteiger partial charge on any atom is 0.340 e. The topological polar surface area (TPSA) is 138 Å². The zero-order valence-corrected chi connectivity index (χ0v) is 17.5. The van der Waals surface area contributed by atoms with Crippen molar-refractivity contribution in [3.05, 3.63) is 40.8 Å². The van der Waals surface area contributed by atoms with Gasteiger partial charge in [-0.3, -0.25) is 4.79 Å². The maximum absolute atomic E-state index is 13.1. The fraction of sp³-hybridized carbons (Fsp3) is 0.368. The molecule has 1 amide bonds. The number of furan rings is 1. The number of amides is 1. The second-order valence-corrected chi connectivity index (χ2v) is 8.68. The molecule has 0 saturated carbocycles. The van der Waals surface area contributed by atoms with Gasteiger partial charge >= 0.3 is 5.97 Å². The number of aromatic hydroxyl groups is 1. The molecule has 0 atom stereocenters. The zero-order valence-electron chi connectivity index (χ0n) is 16.7. The van der Waals surface area contributed by atoms with E-state index in [4.69, 9.17) is 9.15 Å². The van der Waals surface area contributed by atoms with E-state index in [1.54, 1.807) is 0 Å². The van der Waals surface area contributed by atoms with Crippen LogP contribution < -0.4 is 4.74 Å². The van der Waals surface area contributed by atoms with Crippen LogP contribution in [-0.4, -0.2) is 73.0 Å². The molecule has 2 N–H and O–H groups in total. The summed E-state index contributed by atoms with van der Waals surface area (Å²) >= 11 is 0. The van der Waals surface area contributed by atoms with Crippen LogP contribution in [0.4, 0.5) is 0 Å². The predicted octanol–water partition coefficient (Wildman–Crippen LogP) is 1.46. The highest BCUT2D eigenvalue weighted by Crippen LogP contribution is 2.30. The number of phenols is 1. The van der Waals surface area contributed by atoms with E-state index in [9.17, 15) is 28.2 Å². The SMILES string of the molecule is COc1ccc(O)c(C(=O)N2CCN(S(=O)(=O)c3c(C)oc(C)c3C(=O)O)CC2)c1. The number of sulfonamides is 1. The van der Waals surface area contributed by atoms with Crippen molar-refractivity contribution in [1.29, 1.82) is 0 Å². The predicted molar refractivity (Wildman–Crippen MR) is 104 cm³/mol. The molecule has 2 heterocycles. The molecule has 1 fully saturated rings. The van der Waals surface area contributed by atoms with Gasteiger partial charge in [0.05, 0.1) is 12.7 Å². The van der Waals surface area contributed by atoms with Crippen molar-refractivity contribution in [2.75, 3.05) is 33.3 Å². The number of hydrogen-bond donors (Lipinski definition) is 2. The smallest absolute Gasteiger partial charge is 0.340 e. The van der Waals surface area contributed by atoms with Gasteiger partial charge in [0.15, 0.2) is 0 Å². The van der Waals surface area contributed by atoms with E-state index in [1.807, 2.05) is 0 Å². The summed E-state index contributed by atoms with van der Waals surface area (Å²) in [7, 11) is -2.69. The highest BCUT2D eigenvalue weighted by molar-refractivity contribution is 7.89. The molecule has 0 aliphatic carbocycles. The minimum Gasteiger partial charge on any atom is -0.507 e. The van der Waals surface area contributed by atoms with Crippen LogP contribution in [0, 0.1) is 13.8 Å². The number of aryl methyl sites for hydroxylation is 2. The summed E-state index contributed by atoms with van der Waals surface area (Å²) in [6.45, 7) is 2.90. The Bertz CT molecular complexity index is 1100. The fourth-order valence-corrected chi connectivity index (χ4v) is 5.26. The normalized spacial score (nSPS) is 15.2. The summed E-state index contributed by atoms with van der Waals surface area (Å²) in [6, 6.07) is 4.29. The monoisotopic (exact) mass is 438 g/mol. The number of carbonyl (C=O) groups excluding carboxylic acids is 1. The van der Waals surface area contributed by atoms with E-state index in [0.717, 1.165) is 4.31 Å². The second kappa shape index (κ2) is 8.00. The largest absolute Gasteiger partial charge is 0.507 e. The third-order valence-electron chi connectivity index (χ3n) is 4.98. The molecular formula is C19H22N2O8S. The molecular weight excluding hydrogens is 416 g/mol. The molecule has 2 aromatic rings. The van der Waals surface area contributed by atoms with E-state index in [2.05, 4.69) is 0 Å². The Kier molecular flexibility index (Phi) is 5.77. The molecule has 0 unspecified atom stereocenters. The van der Waals surface area contributed by atoms with Gasteiger partial charge in [0.25, 0.3) is 5.91 Å². The molecule has 11 heteroatoms. The van der Waals surface area contributed by atoms with Crippen LogP contribution in [0.25, 0.3) is 0 Å². The molecule has 1 aliphatic heterocycles. The molecule has 162 valence electrons. The first-order valence-electron chi connectivity index (χ1n) is 9.07. The Morgan fingerprint density at radius 3 is 2.30 bits per heavy atom. The number of piperazine rings is 1. The third kappa shape index (κ3) is 3.73. The molecule has 1 saturated heterocycles. The second-order valence-electron chi connectivity index (χ2n) is 6.80. The number of benzene rings is 1. The van der Waals surface area contributed by atoms with Crippen molar-refractivity contribution in [2.45, 2.75) is 18.7 Å². The van der Waals surface area contributed by atoms with E-state index in [-0.39, 0.29) is 59.5 Å². The molecule has 1 aromatic carbocycles. The summed E-state index contributed by atoms with van der Waals surface area (Å²) in [6.07, 6.45) is 0. The molecule has 3 rings (SSSR count). The molecule has 1 aliphatic rings. The Hall–Kier alpha value is -3.05. The number of carbonyl (C=O) groups is 2. The van der Waals surface area contributed by atoms with Crippen LogP contribution in [0.5, 0.6) is 11.5 Å². The highest BCUT2D eigenvalue weighted by Gasteiger charge is 2.37. The zero-order chi connectivity index (χ0) is 22.2. The number of methoxy groups -OCH3 is 1. The average molecular weight is 438 g/mol. The molecule has 0 spiro atoms. The Balaban J connectivity index is 1.81. The molecule has 30 heavy (non-hydrogen) atoms. The Labute approximate surface area is 173 Å². The molecule has 10 nitrogen and oxygen atoms in total. The maximum atomic E-state index is 13.1. The number of aromatic carboxylic acids is 1. The van der Waals surface area contributed by atoms with E-state index in [0.29, 0.717) is 5.75 Å². The van der Waals surface area contributed by atoms with Gasteiger partial charge < -0.3 is 24.3 Å². The lowest BCUT2D eigenvalue weighted by atomic mass is 10.1. The van der Waals surface area contributed by atoms with Crippen LogP contribution in [0.3, 0.4) is 0 Å². The number of carboxylic acid groups (broad SMARTS) is 1. The third-order valence-corrected chi connectivity index (χ3v) is 7.03. The number of phenolic OH excluding ortho intramolecular Hbond substituents is 1. The van der Waals surface area contributed by atoms with Crippen molar-refractivity contribution in [2.24, 2.45) is 0 Å². The molecule has 0 bridgehead atoms. The highest BCUT2D eigenvalue weighted by atomic mass is 32.2. The van der Waals surface area contributed by atoms with Crippen LogP contribution in [0.1, 0.15) is 32.2 Å². The lowest BCUT2D eigenvalue weighted by Crippen LogP contribution is -2.50. The van der Waals surface area contributed by atoms with Gasteiger partial charge in [-0.2, -0.15) is 4.31 Å². The first-order chi connectivity index (χ1) is 14.1. The number of rotatable bonds is 5. The Morgan fingerprint density at radius 2 is 1.73 bits per heavy atom. The summed E-state index contributed by atoms with van der Waals surface area (Å²) in [5, 5.41) is 19.4. The summed E-state index contributed by atoms with van der Waals surface area (Å²) in [5.74, 6) is -1.61.